The van der Waals surface area contributed by atoms with Crippen LogP contribution in [0.3, 0.4) is 0 Å². The number of halogens is 1. The Morgan fingerprint density at radius 2 is 1.91 bits per heavy atom. The molecule has 0 spiro atoms. The second kappa shape index (κ2) is 8.82. The van der Waals surface area contributed by atoms with Crippen LogP contribution in [-0.2, 0) is 4.79 Å². The van der Waals surface area contributed by atoms with Crippen LogP contribution in [-0.4, -0.2) is 40.3 Å². The minimum atomic E-state index is -0.235. The zero-order valence-electron chi connectivity index (χ0n) is 13.5. The number of carbonyl (C=O) groups is 1. The fourth-order valence-corrected chi connectivity index (χ4v) is 2.20. The van der Waals surface area contributed by atoms with Crippen LogP contribution in [0.1, 0.15) is 6.92 Å². The van der Waals surface area contributed by atoms with Gasteiger partial charge in [0.15, 0.2) is 17.1 Å². The van der Waals surface area contributed by atoms with Gasteiger partial charge in [-0.1, -0.05) is 0 Å². The summed E-state index contributed by atoms with van der Waals surface area (Å²) in [5, 5.41) is 6.43. The summed E-state index contributed by atoms with van der Waals surface area (Å²) in [7, 11) is 4.87. The van der Waals surface area contributed by atoms with Gasteiger partial charge in [0.05, 0.1) is 25.9 Å². The van der Waals surface area contributed by atoms with Gasteiger partial charge in [0, 0.05) is 13.5 Å². The molecule has 23 heavy (non-hydrogen) atoms. The molecule has 7 nitrogen and oxygen atoms in total. The van der Waals surface area contributed by atoms with E-state index in [4.69, 9.17) is 18.6 Å². The molecule has 0 aliphatic heterocycles. The van der Waals surface area contributed by atoms with E-state index in [1.807, 2.05) is 7.05 Å². The van der Waals surface area contributed by atoms with E-state index in [-0.39, 0.29) is 29.9 Å². The molecule has 0 aliphatic carbocycles. The van der Waals surface area contributed by atoms with E-state index in [2.05, 4.69) is 10.6 Å². The maximum Gasteiger partial charge on any atom is 0.221 e. The molecule has 0 saturated carbocycles. The summed E-state index contributed by atoms with van der Waals surface area (Å²) in [6.45, 7) is 2.46. The number of methoxy groups -OCH3 is 2. The molecule has 0 fully saturated rings. The van der Waals surface area contributed by atoms with E-state index < -0.39 is 0 Å². The van der Waals surface area contributed by atoms with E-state index in [0.717, 1.165) is 0 Å². The van der Waals surface area contributed by atoms with Gasteiger partial charge in [0.25, 0.3) is 0 Å². The largest absolute Gasteiger partial charge is 0.494 e. The molecule has 0 radical (unpaired) electrons. The summed E-state index contributed by atoms with van der Waals surface area (Å²) in [5.74, 6) is 1.04. The summed E-state index contributed by atoms with van der Waals surface area (Å²) in [4.78, 5) is 11.5. The summed E-state index contributed by atoms with van der Waals surface area (Å²) >= 11 is 0. The van der Waals surface area contributed by atoms with Crippen molar-refractivity contribution in [1.82, 2.24) is 5.32 Å². The lowest BCUT2D eigenvalue weighted by atomic mass is 10.1. The number of hydrogen-bond acceptors (Lipinski definition) is 6. The van der Waals surface area contributed by atoms with Crippen LogP contribution in [0.25, 0.3) is 11.0 Å². The van der Waals surface area contributed by atoms with Crippen LogP contribution in [0.2, 0.25) is 0 Å². The Bertz CT molecular complexity index is 671. The minimum Gasteiger partial charge on any atom is -0.494 e. The number of amides is 1. The summed E-state index contributed by atoms with van der Waals surface area (Å²) < 4.78 is 22.1. The standard InChI is InChI=1S/C15H20N2O5.HI/c1-9(18)17-11-12(19-3)10-5-7-21-13(10)15(20-4)14(11)22-8-6-16-2;/h5,7,16H,6,8H2,1-4H3,(H,17,18);1H. The monoisotopic (exact) mass is 436 g/mol. The average Bonchev–Trinajstić information content (AvgIpc) is 2.96. The molecule has 1 aromatic carbocycles. The number of fused-ring (bicyclic) bond motifs is 1. The van der Waals surface area contributed by atoms with Crippen LogP contribution in [0.15, 0.2) is 16.7 Å². The van der Waals surface area contributed by atoms with Crippen LogP contribution in [0.4, 0.5) is 5.69 Å². The van der Waals surface area contributed by atoms with Gasteiger partial charge in [-0.25, -0.2) is 0 Å². The predicted octanol–water partition coefficient (Wildman–Crippen LogP) is 2.62. The Balaban J connectivity index is 0.00000264. The Morgan fingerprint density at radius 3 is 2.48 bits per heavy atom. The lowest BCUT2D eigenvalue weighted by Crippen LogP contribution is -2.17. The van der Waals surface area contributed by atoms with E-state index in [1.165, 1.54) is 27.4 Å². The molecule has 2 rings (SSSR count). The molecule has 0 aliphatic rings. The lowest BCUT2D eigenvalue weighted by Gasteiger charge is -2.18. The first-order valence-electron chi connectivity index (χ1n) is 6.84. The molecule has 2 N–H and O–H groups in total. The molecule has 1 amide bonds. The second-order valence-electron chi connectivity index (χ2n) is 4.57. The topological polar surface area (TPSA) is 82.0 Å². The summed E-state index contributed by atoms with van der Waals surface area (Å²) in [5.41, 5.74) is 0.935. The van der Waals surface area contributed by atoms with Crippen LogP contribution in [0, 0.1) is 0 Å². The van der Waals surface area contributed by atoms with Crippen molar-refractivity contribution in [2.75, 3.05) is 39.7 Å². The third-order valence-corrected chi connectivity index (χ3v) is 3.08. The normalized spacial score (nSPS) is 10.1. The van der Waals surface area contributed by atoms with E-state index in [0.29, 0.717) is 47.1 Å². The quantitative estimate of drug-likeness (QED) is 0.513. The number of hydrogen-bond donors (Lipinski definition) is 2. The van der Waals surface area contributed by atoms with Gasteiger partial charge in [-0.15, -0.1) is 24.0 Å². The molecule has 0 atom stereocenters. The Hall–Kier alpha value is -1.68. The first kappa shape index (κ1) is 19.4. The van der Waals surface area contributed by atoms with Gasteiger partial charge >= 0.3 is 0 Å². The van der Waals surface area contributed by atoms with Crippen LogP contribution >= 0.6 is 24.0 Å². The first-order chi connectivity index (χ1) is 10.6. The SMILES string of the molecule is CNCCOc1c(NC(C)=O)c(OC)c2ccoc2c1OC.I. The van der Waals surface area contributed by atoms with Crippen molar-refractivity contribution in [1.29, 1.82) is 0 Å². The molecule has 128 valence electrons. The van der Waals surface area contributed by atoms with E-state index >= 15 is 0 Å². The molecule has 0 bridgehead atoms. The van der Waals surface area contributed by atoms with Crippen molar-refractivity contribution in [3.63, 3.8) is 0 Å². The summed E-state index contributed by atoms with van der Waals surface area (Å²) in [6.07, 6.45) is 1.53. The summed E-state index contributed by atoms with van der Waals surface area (Å²) in [6, 6.07) is 1.75. The van der Waals surface area contributed by atoms with Crippen molar-refractivity contribution < 1.29 is 23.4 Å². The number of rotatable bonds is 7. The third-order valence-electron chi connectivity index (χ3n) is 3.08. The van der Waals surface area contributed by atoms with Crippen LogP contribution in [0.5, 0.6) is 17.2 Å². The van der Waals surface area contributed by atoms with Gasteiger partial charge in [0.2, 0.25) is 11.7 Å². The fourth-order valence-electron chi connectivity index (χ4n) is 2.20. The maximum absolute atomic E-state index is 11.5. The molecule has 2 aromatic rings. The molecule has 0 unspecified atom stereocenters. The van der Waals surface area contributed by atoms with E-state index in [9.17, 15) is 4.79 Å². The average molecular weight is 436 g/mol. The minimum absolute atomic E-state index is 0. The van der Waals surface area contributed by atoms with Crippen LogP contribution < -0.4 is 24.8 Å². The smallest absolute Gasteiger partial charge is 0.221 e. The Labute approximate surface area is 151 Å². The molecule has 1 heterocycles. The molecular formula is C15H21IN2O5. The number of furan rings is 1. The number of nitrogens with one attached hydrogen (secondary N) is 2. The van der Waals surface area contributed by atoms with Crippen molar-refractivity contribution in [2.45, 2.75) is 6.92 Å². The number of ether oxygens (including phenoxy) is 3. The third kappa shape index (κ3) is 3.99. The van der Waals surface area contributed by atoms with Gasteiger partial charge in [-0.3, -0.25) is 4.79 Å². The number of benzene rings is 1. The van der Waals surface area contributed by atoms with Gasteiger partial charge in [-0.05, 0) is 13.1 Å². The highest BCUT2D eigenvalue weighted by atomic mass is 127. The number of likely N-dealkylation sites (N-methyl/N-ethyl adjacent to an activating group) is 1. The zero-order chi connectivity index (χ0) is 16.1. The predicted molar refractivity (Wildman–Crippen MR) is 98.5 cm³/mol. The van der Waals surface area contributed by atoms with Crippen molar-refractivity contribution in [2.24, 2.45) is 0 Å². The van der Waals surface area contributed by atoms with Gasteiger partial charge in [0.1, 0.15) is 12.3 Å². The lowest BCUT2D eigenvalue weighted by molar-refractivity contribution is -0.114. The van der Waals surface area contributed by atoms with Crippen molar-refractivity contribution in [3.05, 3.63) is 12.3 Å². The highest BCUT2D eigenvalue weighted by Crippen LogP contribution is 2.49. The van der Waals surface area contributed by atoms with E-state index in [1.54, 1.807) is 6.07 Å². The molecular weight excluding hydrogens is 415 g/mol. The van der Waals surface area contributed by atoms with Crippen molar-refractivity contribution >= 4 is 46.5 Å². The van der Waals surface area contributed by atoms with Gasteiger partial charge < -0.3 is 29.3 Å². The first-order valence-corrected chi connectivity index (χ1v) is 6.84. The molecule has 8 heteroatoms. The highest BCUT2D eigenvalue weighted by Gasteiger charge is 2.25. The van der Waals surface area contributed by atoms with Crippen molar-refractivity contribution in [3.8, 4) is 17.2 Å². The Morgan fingerprint density at radius 1 is 1.22 bits per heavy atom. The number of anilines is 1. The molecule has 1 aromatic heterocycles. The number of carbonyl (C=O) groups excluding carboxylic acids is 1. The highest BCUT2D eigenvalue weighted by molar-refractivity contribution is 14.0. The fraction of sp³-hybridized carbons (Fsp3) is 0.400. The zero-order valence-corrected chi connectivity index (χ0v) is 15.8. The Kier molecular flexibility index (Phi) is 7.43. The molecule has 0 saturated heterocycles. The second-order valence-corrected chi connectivity index (χ2v) is 4.57. The van der Waals surface area contributed by atoms with Gasteiger partial charge in [-0.2, -0.15) is 0 Å². The maximum atomic E-state index is 11.5.